The minimum Gasteiger partial charge on any atom is -0.490 e. The smallest absolute Gasteiger partial charge is 0.305 e. The van der Waals surface area contributed by atoms with Gasteiger partial charge in [0, 0.05) is 61.4 Å². The number of esters is 1. The van der Waals surface area contributed by atoms with Crippen molar-refractivity contribution in [2.45, 2.75) is 39.2 Å². The van der Waals surface area contributed by atoms with Crippen molar-refractivity contribution in [1.29, 1.82) is 0 Å². The third-order valence-corrected chi connectivity index (χ3v) is 5.57. The highest BCUT2D eigenvalue weighted by molar-refractivity contribution is 5.69. The molecule has 3 heterocycles. The van der Waals surface area contributed by atoms with Crippen molar-refractivity contribution in [3.05, 3.63) is 59.7 Å². The lowest BCUT2D eigenvalue weighted by atomic mass is 9.98. The van der Waals surface area contributed by atoms with Crippen LogP contribution in [0.25, 0.3) is 11.6 Å². The number of nitrogens with zero attached hydrogens (tertiary/aromatic N) is 5. The first-order valence-corrected chi connectivity index (χ1v) is 11.1. The monoisotopic (exact) mass is 469 g/mol. The van der Waals surface area contributed by atoms with Crippen molar-refractivity contribution < 1.29 is 23.0 Å². The summed E-state index contributed by atoms with van der Waals surface area (Å²) in [6.07, 6.45) is 6.08. The Morgan fingerprint density at radius 2 is 1.97 bits per heavy atom. The number of carbonyl (C=O) groups excluding carboxylic acids is 1. The van der Waals surface area contributed by atoms with Gasteiger partial charge in [-0.05, 0) is 26.3 Å². The summed E-state index contributed by atoms with van der Waals surface area (Å²) in [6, 6.07) is 4.20. The van der Waals surface area contributed by atoms with Gasteiger partial charge in [0.2, 0.25) is 5.82 Å². The molecule has 0 fully saturated rings. The number of rotatable bonds is 8. The number of halogens is 2. The maximum atomic E-state index is 14.4. The van der Waals surface area contributed by atoms with Gasteiger partial charge in [0.15, 0.2) is 23.2 Å². The highest BCUT2D eigenvalue weighted by atomic mass is 19.2. The molecule has 10 heteroatoms. The Kier molecular flexibility index (Phi) is 7.24. The van der Waals surface area contributed by atoms with Crippen molar-refractivity contribution in [2.24, 2.45) is 0 Å². The summed E-state index contributed by atoms with van der Waals surface area (Å²) in [7, 11) is 0. The van der Waals surface area contributed by atoms with E-state index in [9.17, 15) is 13.6 Å². The molecule has 0 saturated heterocycles. The maximum absolute atomic E-state index is 14.4. The van der Waals surface area contributed by atoms with Gasteiger partial charge in [-0.2, -0.15) is 4.39 Å². The van der Waals surface area contributed by atoms with Crippen molar-refractivity contribution in [2.75, 3.05) is 24.7 Å². The highest BCUT2D eigenvalue weighted by Gasteiger charge is 2.28. The molecule has 0 spiro atoms. The molecule has 2 aromatic heterocycles. The van der Waals surface area contributed by atoms with Gasteiger partial charge < -0.3 is 14.4 Å². The standard InChI is InChI=1S/C24H25F2N5O3/c1-3-33-21(32)6-4-11-34-20-13-16(12-18(25)22(20)26)31-10-7-19-17(15(31)2)14-29-24(30-19)23-27-8-5-9-28-23/h5,8-9,12-15H,3-4,6-7,10-11H2,1-2H3. The average molecular weight is 469 g/mol. The second-order valence-electron chi connectivity index (χ2n) is 7.78. The Hall–Kier alpha value is -3.69. The fourth-order valence-corrected chi connectivity index (χ4v) is 3.89. The molecule has 178 valence electrons. The summed E-state index contributed by atoms with van der Waals surface area (Å²) in [5.74, 6) is -1.69. The summed E-state index contributed by atoms with van der Waals surface area (Å²) in [5.41, 5.74) is 2.26. The molecular weight excluding hydrogens is 444 g/mol. The number of aromatic nitrogens is 4. The minimum atomic E-state index is -1.05. The topological polar surface area (TPSA) is 90.3 Å². The van der Waals surface area contributed by atoms with Crippen LogP contribution in [0.1, 0.15) is 44.0 Å². The van der Waals surface area contributed by atoms with E-state index in [-0.39, 0.29) is 30.8 Å². The second kappa shape index (κ2) is 10.5. The fraction of sp³-hybridized carbons (Fsp3) is 0.375. The first-order valence-electron chi connectivity index (χ1n) is 11.1. The molecule has 0 saturated carbocycles. The van der Waals surface area contributed by atoms with E-state index in [1.807, 2.05) is 11.8 Å². The van der Waals surface area contributed by atoms with Crippen LogP contribution in [0.5, 0.6) is 5.75 Å². The van der Waals surface area contributed by atoms with E-state index in [0.29, 0.717) is 43.3 Å². The number of hydrogen-bond acceptors (Lipinski definition) is 8. The predicted molar refractivity (Wildman–Crippen MR) is 120 cm³/mol. The number of carbonyl (C=O) groups is 1. The van der Waals surface area contributed by atoms with E-state index < -0.39 is 11.6 Å². The summed E-state index contributed by atoms with van der Waals surface area (Å²) in [6.45, 7) is 4.59. The van der Waals surface area contributed by atoms with Gasteiger partial charge in [0.05, 0.1) is 24.9 Å². The minimum absolute atomic E-state index is 0.0647. The molecule has 1 aliphatic rings. The molecule has 1 unspecified atom stereocenters. The van der Waals surface area contributed by atoms with Gasteiger partial charge in [-0.3, -0.25) is 4.79 Å². The number of hydrogen-bond donors (Lipinski definition) is 0. The largest absolute Gasteiger partial charge is 0.490 e. The zero-order valence-corrected chi connectivity index (χ0v) is 19.0. The highest BCUT2D eigenvalue weighted by Crippen LogP contribution is 2.36. The molecule has 34 heavy (non-hydrogen) atoms. The van der Waals surface area contributed by atoms with Gasteiger partial charge in [0.25, 0.3) is 0 Å². The van der Waals surface area contributed by atoms with Crippen LogP contribution in [0.4, 0.5) is 14.5 Å². The molecule has 0 N–H and O–H groups in total. The lowest BCUT2D eigenvalue weighted by Crippen LogP contribution is -2.35. The lowest BCUT2D eigenvalue weighted by molar-refractivity contribution is -0.143. The van der Waals surface area contributed by atoms with Crippen molar-refractivity contribution in [3.63, 3.8) is 0 Å². The zero-order chi connectivity index (χ0) is 24.1. The Morgan fingerprint density at radius 1 is 1.18 bits per heavy atom. The normalized spacial score (nSPS) is 15.1. The Balaban J connectivity index is 1.50. The van der Waals surface area contributed by atoms with E-state index >= 15 is 0 Å². The van der Waals surface area contributed by atoms with E-state index in [1.54, 1.807) is 31.6 Å². The van der Waals surface area contributed by atoms with Crippen LogP contribution in [0.2, 0.25) is 0 Å². The van der Waals surface area contributed by atoms with Crippen LogP contribution in [0, 0.1) is 11.6 Å². The average Bonchev–Trinajstić information content (AvgIpc) is 2.85. The molecule has 4 rings (SSSR count). The molecule has 1 aliphatic heterocycles. The maximum Gasteiger partial charge on any atom is 0.305 e. The third kappa shape index (κ3) is 5.11. The van der Waals surface area contributed by atoms with Crippen LogP contribution in [0.3, 0.4) is 0 Å². The summed E-state index contributed by atoms with van der Waals surface area (Å²) in [4.78, 5) is 30.8. The second-order valence-corrected chi connectivity index (χ2v) is 7.78. The van der Waals surface area contributed by atoms with Crippen LogP contribution < -0.4 is 9.64 Å². The summed E-state index contributed by atoms with van der Waals surface area (Å²) >= 11 is 0. The quantitative estimate of drug-likeness (QED) is 0.360. The molecule has 1 atom stereocenters. The molecule has 1 aromatic carbocycles. The van der Waals surface area contributed by atoms with E-state index in [2.05, 4.69) is 19.9 Å². The Morgan fingerprint density at radius 3 is 2.74 bits per heavy atom. The first kappa shape index (κ1) is 23.5. The van der Waals surface area contributed by atoms with Gasteiger partial charge in [0.1, 0.15) is 0 Å². The molecule has 0 amide bonds. The fourth-order valence-electron chi connectivity index (χ4n) is 3.89. The van der Waals surface area contributed by atoms with Gasteiger partial charge in [-0.15, -0.1) is 0 Å². The van der Waals surface area contributed by atoms with Crippen LogP contribution in [-0.2, 0) is 16.0 Å². The summed E-state index contributed by atoms with van der Waals surface area (Å²) < 4.78 is 39.1. The Bertz CT molecular complexity index is 1160. The van der Waals surface area contributed by atoms with Gasteiger partial charge in [-0.25, -0.2) is 24.3 Å². The van der Waals surface area contributed by atoms with Crippen LogP contribution >= 0.6 is 0 Å². The SMILES string of the molecule is CCOC(=O)CCCOc1cc(N2CCc3nc(-c4ncccn4)ncc3C2C)cc(F)c1F. The van der Waals surface area contributed by atoms with Crippen LogP contribution in [-0.4, -0.2) is 45.7 Å². The van der Waals surface area contributed by atoms with E-state index in [1.165, 1.54) is 6.07 Å². The first-order chi connectivity index (χ1) is 16.5. The molecule has 8 nitrogen and oxygen atoms in total. The van der Waals surface area contributed by atoms with E-state index in [0.717, 1.165) is 17.3 Å². The predicted octanol–water partition coefficient (Wildman–Crippen LogP) is 4.06. The number of anilines is 1. The third-order valence-electron chi connectivity index (χ3n) is 5.57. The number of benzene rings is 1. The van der Waals surface area contributed by atoms with Crippen molar-refractivity contribution in [1.82, 2.24) is 19.9 Å². The van der Waals surface area contributed by atoms with Gasteiger partial charge >= 0.3 is 5.97 Å². The number of ether oxygens (including phenoxy) is 2. The number of fused-ring (bicyclic) bond motifs is 1. The lowest BCUT2D eigenvalue weighted by Gasteiger charge is -2.36. The van der Waals surface area contributed by atoms with E-state index in [4.69, 9.17) is 9.47 Å². The van der Waals surface area contributed by atoms with Crippen LogP contribution in [0.15, 0.2) is 36.8 Å². The molecule has 0 bridgehead atoms. The molecule has 0 radical (unpaired) electrons. The van der Waals surface area contributed by atoms with Crippen molar-refractivity contribution >= 4 is 11.7 Å². The van der Waals surface area contributed by atoms with Gasteiger partial charge in [-0.1, -0.05) is 0 Å². The van der Waals surface area contributed by atoms with Crippen molar-refractivity contribution in [3.8, 4) is 17.4 Å². The zero-order valence-electron chi connectivity index (χ0n) is 19.0. The molecular formula is C24H25F2N5O3. The Labute approximate surface area is 196 Å². The molecule has 3 aromatic rings. The molecule has 0 aliphatic carbocycles. The summed E-state index contributed by atoms with van der Waals surface area (Å²) in [5, 5.41) is 0.